The maximum atomic E-state index is 4.91. The van der Waals surface area contributed by atoms with Crippen molar-refractivity contribution in [2.45, 2.75) is 46.1 Å². The molecule has 0 saturated heterocycles. The van der Waals surface area contributed by atoms with Gasteiger partial charge in [0.1, 0.15) is 0 Å². The highest BCUT2D eigenvalue weighted by Gasteiger charge is 2.34. The van der Waals surface area contributed by atoms with E-state index in [9.17, 15) is 0 Å². The maximum Gasteiger partial charge on any atom is 0.185 e. The van der Waals surface area contributed by atoms with E-state index < -0.39 is 0 Å². The molecule has 4 heteroatoms. The van der Waals surface area contributed by atoms with Crippen LogP contribution < -0.4 is 10.2 Å². The number of aromatic nitrogens is 1. The number of thiazole rings is 1. The monoisotopic (exact) mass is 281 g/mol. The molecule has 1 aliphatic rings. The summed E-state index contributed by atoms with van der Waals surface area (Å²) in [5, 5.41) is 4.44. The molecule has 1 aromatic heterocycles. The molecular formula is C15H27N3S. The molecule has 19 heavy (non-hydrogen) atoms. The van der Waals surface area contributed by atoms with Crippen molar-refractivity contribution in [3.05, 3.63) is 10.6 Å². The van der Waals surface area contributed by atoms with Gasteiger partial charge in [-0.1, -0.05) is 27.7 Å². The van der Waals surface area contributed by atoms with E-state index in [1.54, 1.807) is 0 Å². The molecule has 0 radical (unpaired) electrons. The standard InChI is InChI=1S/C15H27N3S/c1-10-7-11(10)9-18(6)14-17-13(15(2,3)4)12(19-14)8-16-5/h10-11,16H,7-9H2,1-6H3. The Labute approximate surface area is 121 Å². The minimum absolute atomic E-state index is 0.120. The van der Waals surface area contributed by atoms with Gasteiger partial charge in [0.2, 0.25) is 0 Å². The topological polar surface area (TPSA) is 28.2 Å². The van der Waals surface area contributed by atoms with Gasteiger partial charge in [-0.15, -0.1) is 11.3 Å². The van der Waals surface area contributed by atoms with Crippen molar-refractivity contribution >= 4 is 16.5 Å². The van der Waals surface area contributed by atoms with Crippen LogP contribution in [0.2, 0.25) is 0 Å². The fraction of sp³-hybridized carbons (Fsp3) is 0.800. The minimum atomic E-state index is 0.120. The molecule has 1 aromatic rings. The van der Waals surface area contributed by atoms with Crippen molar-refractivity contribution in [2.75, 3.05) is 25.5 Å². The Kier molecular flexibility index (Phi) is 4.21. The molecule has 2 rings (SSSR count). The number of rotatable bonds is 5. The van der Waals surface area contributed by atoms with E-state index in [2.05, 4.69) is 45.0 Å². The number of hydrogen-bond donors (Lipinski definition) is 1. The Balaban J connectivity index is 2.16. The average Bonchev–Trinajstić information content (AvgIpc) is 2.82. The molecule has 1 N–H and O–H groups in total. The Morgan fingerprint density at radius 2 is 2.05 bits per heavy atom. The summed E-state index contributed by atoms with van der Waals surface area (Å²) in [5.74, 6) is 1.78. The first-order valence-electron chi connectivity index (χ1n) is 7.19. The third-order valence-corrected chi connectivity index (χ3v) is 5.01. The van der Waals surface area contributed by atoms with Crippen molar-refractivity contribution in [2.24, 2.45) is 11.8 Å². The second kappa shape index (κ2) is 5.41. The van der Waals surface area contributed by atoms with Gasteiger partial charge in [-0.05, 0) is 25.3 Å². The van der Waals surface area contributed by atoms with Gasteiger partial charge in [-0.25, -0.2) is 4.98 Å². The molecule has 1 aliphatic carbocycles. The third-order valence-electron chi connectivity index (χ3n) is 3.84. The normalized spacial score (nSPS) is 22.6. The molecular weight excluding hydrogens is 254 g/mol. The van der Waals surface area contributed by atoms with Crippen LogP contribution in [0.25, 0.3) is 0 Å². The van der Waals surface area contributed by atoms with Crippen LogP contribution in [0, 0.1) is 11.8 Å². The highest BCUT2D eigenvalue weighted by molar-refractivity contribution is 7.15. The van der Waals surface area contributed by atoms with Crippen LogP contribution in [-0.4, -0.2) is 25.6 Å². The first kappa shape index (κ1) is 14.8. The molecule has 2 atom stereocenters. The zero-order chi connectivity index (χ0) is 14.2. The van der Waals surface area contributed by atoms with E-state index in [1.165, 1.54) is 22.1 Å². The molecule has 1 fully saturated rings. The van der Waals surface area contributed by atoms with Gasteiger partial charge in [0, 0.05) is 30.4 Å². The van der Waals surface area contributed by atoms with Crippen LogP contribution >= 0.6 is 11.3 Å². The van der Waals surface area contributed by atoms with Crippen LogP contribution in [-0.2, 0) is 12.0 Å². The lowest BCUT2D eigenvalue weighted by Gasteiger charge is -2.18. The van der Waals surface area contributed by atoms with E-state index in [1.807, 2.05) is 18.4 Å². The smallest absolute Gasteiger partial charge is 0.185 e. The summed E-state index contributed by atoms with van der Waals surface area (Å²) in [6.07, 6.45) is 1.38. The molecule has 1 heterocycles. The van der Waals surface area contributed by atoms with Crippen molar-refractivity contribution in [3.63, 3.8) is 0 Å². The Morgan fingerprint density at radius 3 is 2.53 bits per heavy atom. The molecule has 0 aliphatic heterocycles. The van der Waals surface area contributed by atoms with Crippen molar-refractivity contribution in [1.29, 1.82) is 0 Å². The van der Waals surface area contributed by atoms with Crippen LogP contribution in [0.15, 0.2) is 0 Å². The molecule has 0 spiro atoms. The number of nitrogens with zero attached hydrogens (tertiary/aromatic N) is 2. The zero-order valence-electron chi connectivity index (χ0n) is 13.1. The van der Waals surface area contributed by atoms with E-state index in [4.69, 9.17) is 4.98 Å². The second-order valence-electron chi connectivity index (χ2n) is 6.90. The fourth-order valence-electron chi connectivity index (χ4n) is 2.45. The quantitative estimate of drug-likeness (QED) is 0.898. The van der Waals surface area contributed by atoms with Crippen LogP contribution in [0.1, 0.15) is 44.7 Å². The molecule has 0 aromatic carbocycles. The minimum Gasteiger partial charge on any atom is -0.351 e. The molecule has 108 valence electrons. The first-order chi connectivity index (χ1) is 8.82. The lowest BCUT2D eigenvalue weighted by Crippen LogP contribution is -2.21. The summed E-state index contributed by atoms with van der Waals surface area (Å²) in [6.45, 7) is 11.1. The summed E-state index contributed by atoms with van der Waals surface area (Å²) >= 11 is 1.84. The van der Waals surface area contributed by atoms with Gasteiger partial charge < -0.3 is 10.2 Å². The van der Waals surface area contributed by atoms with Gasteiger partial charge >= 0.3 is 0 Å². The largest absolute Gasteiger partial charge is 0.351 e. The summed E-state index contributed by atoms with van der Waals surface area (Å²) < 4.78 is 0. The predicted molar refractivity (Wildman–Crippen MR) is 84.1 cm³/mol. The Morgan fingerprint density at radius 1 is 1.42 bits per heavy atom. The van der Waals surface area contributed by atoms with Crippen LogP contribution in [0.3, 0.4) is 0 Å². The summed E-state index contributed by atoms with van der Waals surface area (Å²) in [5.41, 5.74) is 1.37. The van der Waals surface area contributed by atoms with Gasteiger partial charge in [-0.3, -0.25) is 0 Å². The molecule has 3 nitrogen and oxygen atoms in total. The molecule has 1 saturated carbocycles. The number of hydrogen-bond acceptors (Lipinski definition) is 4. The Hall–Kier alpha value is -0.610. The van der Waals surface area contributed by atoms with Crippen LogP contribution in [0.4, 0.5) is 5.13 Å². The summed E-state index contributed by atoms with van der Waals surface area (Å²) in [6, 6.07) is 0. The number of nitrogens with one attached hydrogen (secondary N) is 1. The van der Waals surface area contributed by atoms with E-state index in [0.29, 0.717) is 0 Å². The zero-order valence-corrected chi connectivity index (χ0v) is 13.9. The maximum absolute atomic E-state index is 4.91. The Bertz CT molecular complexity index is 433. The first-order valence-corrected chi connectivity index (χ1v) is 8.00. The summed E-state index contributed by atoms with van der Waals surface area (Å²) in [7, 11) is 4.18. The SMILES string of the molecule is CNCc1sc(N(C)CC2CC2C)nc1C(C)(C)C. The van der Waals surface area contributed by atoms with Gasteiger partial charge in [0.25, 0.3) is 0 Å². The van der Waals surface area contributed by atoms with Crippen LogP contribution in [0.5, 0.6) is 0 Å². The predicted octanol–water partition coefficient (Wildman–Crippen LogP) is 3.25. The summed E-state index contributed by atoms with van der Waals surface area (Å²) in [4.78, 5) is 8.63. The van der Waals surface area contributed by atoms with Crippen molar-refractivity contribution in [3.8, 4) is 0 Å². The van der Waals surface area contributed by atoms with E-state index in [0.717, 1.165) is 24.9 Å². The van der Waals surface area contributed by atoms with Gasteiger partial charge in [-0.2, -0.15) is 0 Å². The van der Waals surface area contributed by atoms with Gasteiger partial charge in [0.15, 0.2) is 5.13 Å². The lowest BCUT2D eigenvalue weighted by atomic mass is 9.91. The van der Waals surface area contributed by atoms with E-state index in [-0.39, 0.29) is 5.41 Å². The number of anilines is 1. The van der Waals surface area contributed by atoms with E-state index >= 15 is 0 Å². The van der Waals surface area contributed by atoms with Crippen molar-refractivity contribution < 1.29 is 0 Å². The molecule has 0 bridgehead atoms. The molecule has 2 unspecified atom stereocenters. The highest BCUT2D eigenvalue weighted by Crippen LogP contribution is 2.40. The van der Waals surface area contributed by atoms with Gasteiger partial charge in [0.05, 0.1) is 5.69 Å². The lowest BCUT2D eigenvalue weighted by molar-refractivity contribution is 0.562. The molecule has 0 amide bonds. The second-order valence-corrected chi connectivity index (χ2v) is 7.96. The van der Waals surface area contributed by atoms with Crippen molar-refractivity contribution in [1.82, 2.24) is 10.3 Å². The average molecular weight is 281 g/mol. The fourth-order valence-corrected chi connectivity index (χ4v) is 3.70. The highest BCUT2D eigenvalue weighted by atomic mass is 32.1. The third kappa shape index (κ3) is 3.48.